The number of carbonyl (C=O) groups is 2. The third-order valence-electron chi connectivity index (χ3n) is 6.54. The highest BCUT2D eigenvalue weighted by Gasteiger charge is 2.46. The van der Waals surface area contributed by atoms with Gasteiger partial charge in [-0.05, 0) is 48.4 Å². The molecule has 2 aromatic carbocycles. The molecule has 8 heteroatoms. The van der Waals surface area contributed by atoms with Gasteiger partial charge in [0.1, 0.15) is 35.8 Å². The lowest BCUT2D eigenvalue weighted by atomic mass is 9.94. The van der Waals surface area contributed by atoms with Crippen LogP contribution >= 0.6 is 0 Å². The third kappa shape index (κ3) is 4.27. The first-order valence-corrected chi connectivity index (χ1v) is 11.7. The molecule has 180 valence electrons. The van der Waals surface area contributed by atoms with Crippen LogP contribution in [0.5, 0.6) is 11.5 Å². The van der Waals surface area contributed by atoms with Crippen LogP contribution < -0.4 is 14.0 Å². The second-order valence-electron chi connectivity index (χ2n) is 8.93. The highest BCUT2D eigenvalue weighted by atomic mass is 16.5. The van der Waals surface area contributed by atoms with Gasteiger partial charge in [-0.2, -0.15) is 0 Å². The molecule has 2 aliphatic rings. The molecule has 1 fully saturated rings. The molecule has 2 unspecified atom stereocenters. The minimum atomic E-state index is -0.718. The summed E-state index contributed by atoms with van der Waals surface area (Å²) >= 11 is 0. The van der Waals surface area contributed by atoms with Crippen LogP contribution in [0.2, 0.25) is 0 Å². The molecule has 0 bridgehead atoms. The summed E-state index contributed by atoms with van der Waals surface area (Å²) < 4.78 is 13.1. The van der Waals surface area contributed by atoms with E-state index in [-0.39, 0.29) is 17.4 Å². The Hall–Kier alpha value is -4.07. The summed E-state index contributed by atoms with van der Waals surface area (Å²) in [6.45, 7) is 3.02. The zero-order valence-electron chi connectivity index (χ0n) is 19.7. The van der Waals surface area contributed by atoms with Crippen LogP contribution in [-0.4, -0.2) is 46.4 Å². The van der Waals surface area contributed by atoms with E-state index in [1.165, 1.54) is 0 Å². The van der Waals surface area contributed by atoms with Crippen LogP contribution in [0.3, 0.4) is 0 Å². The zero-order valence-corrected chi connectivity index (χ0v) is 19.7. The van der Waals surface area contributed by atoms with Gasteiger partial charge < -0.3 is 19.5 Å². The van der Waals surface area contributed by atoms with Crippen molar-refractivity contribution in [2.24, 2.45) is 0 Å². The van der Waals surface area contributed by atoms with E-state index in [9.17, 15) is 14.7 Å². The Morgan fingerprint density at radius 3 is 2.89 bits per heavy atom. The number of nitrogens with one attached hydrogen (secondary N) is 1. The van der Waals surface area contributed by atoms with E-state index in [1.54, 1.807) is 36.3 Å². The Morgan fingerprint density at radius 2 is 2.11 bits per heavy atom. The minimum Gasteiger partial charge on any atom is -0.507 e. The van der Waals surface area contributed by atoms with E-state index in [4.69, 9.17) is 9.47 Å². The van der Waals surface area contributed by atoms with Crippen LogP contribution in [-0.2, 0) is 22.6 Å². The highest BCUT2D eigenvalue weighted by Crippen LogP contribution is 2.41. The summed E-state index contributed by atoms with van der Waals surface area (Å²) in [7, 11) is 1.57. The number of ether oxygens (including phenoxy) is 2. The average Bonchev–Trinajstić information content (AvgIpc) is 3.57. The van der Waals surface area contributed by atoms with Crippen LogP contribution in [0, 0.1) is 0 Å². The monoisotopic (exact) mass is 474 g/mol. The quantitative estimate of drug-likeness (QED) is 0.237. The smallest absolute Gasteiger partial charge is 0.295 e. The average molecular weight is 475 g/mol. The van der Waals surface area contributed by atoms with Gasteiger partial charge >= 0.3 is 0 Å². The number of fused-ring (bicyclic) bond motifs is 1. The molecule has 0 saturated carbocycles. The van der Waals surface area contributed by atoms with Crippen LogP contribution in [0.1, 0.15) is 36.1 Å². The molecule has 0 aliphatic carbocycles. The maximum atomic E-state index is 13.3. The number of aromatic amines is 1. The largest absolute Gasteiger partial charge is 0.507 e. The molecule has 8 nitrogen and oxygen atoms in total. The molecule has 0 spiro atoms. The number of aliphatic hydroxyl groups is 1. The van der Waals surface area contributed by atoms with Gasteiger partial charge in [-0.1, -0.05) is 12.1 Å². The molecule has 1 aromatic heterocycles. The van der Waals surface area contributed by atoms with E-state index in [0.29, 0.717) is 36.4 Å². The van der Waals surface area contributed by atoms with E-state index in [1.807, 2.05) is 48.4 Å². The number of methoxy groups -OCH3 is 1. The number of hydrogen-bond donors (Lipinski definition) is 2. The van der Waals surface area contributed by atoms with E-state index in [2.05, 4.69) is 4.98 Å². The van der Waals surface area contributed by atoms with Crippen molar-refractivity contribution < 1.29 is 28.7 Å². The number of ketones is 1. The number of Topliss-reactive ketones (excluding diaryl/α,β-unsaturated/α-hetero) is 1. The number of aliphatic hydroxyl groups excluding tert-OH is 1. The fraction of sp³-hybridized carbons (Fsp3) is 0.296. The Bertz CT molecular complexity index is 1300. The number of hydrogen-bond acceptors (Lipinski definition) is 5. The number of H-pyrrole nitrogens is 1. The fourth-order valence-corrected chi connectivity index (χ4v) is 4.88. The number of carbonyl (C=O) groups excluding carboxylic acids is 2. The number of amides is 1. The molecule has 1 saturated heterocycles. The van der Waals surface area contributed by atoms with Gasteiger partial charge in [-0.3, -0.25) is 14.6 Å². The van der Waals surface area contributed by atoms with E-state index >= 15 is 0 Å². The zero-order chi connectivity index (χ0) is 24.5. The molecule has 2 aliphatic heterocycles. The van der Waals surface area contributed by atoms with Gasteiger partial charge in [0, 0.05) is 24.9 Å². The first kappa shape index (κ1) is 22.7. The molecular weight excluding hydrogens is 446 g/mol. The second kappa shape index (κ2) is 9.29. The molecule has 5 rings (SSSR count). The summed E-state index contributed by atoms with van der Waals surface area (Å²) in [5.74, 6) is -0.0898. The minimum absolute atomic E-state index is 0.0580. The summed E-state index contributed by atoms with van der Waals surface area (Å²) in [5.41, 5.74) is 2.26. The summed E-state index contributed by atoms with van der Waals surface area (Å²) in [6, 6.07) is 11.9. The predicted molar refractivity (Wildman–Crippen MR) is 128 cm³/mol. The molecule has 1 amide bonds. The van der Waals surface area contributed by atoms with Gasteiger partial charge in [0.15, 0.2) is 0 Å². The van der Waals surface area contributed by atoms with Crippen molar-refractivity contribution in [2.45, 2.75) is 38.5 Å². The molecule has 3 aromatic rings. The topological polar surface area (TPSA) is 95.7 Å². The standard InChI is InChI=1S/C27H27N3O5/c1-17-13-20-14-19(7-8-22(20)35-17)25(31)23-24(18-5-3-6-21(15-18)34-2)30(27(33)26(23)32)11-4-10-29-12-9-28-16-29/h3,5-9,12,14-17,24H,4,10-11,13H2,1-2H3,(H,31,32)/p+1. The number of imidazole rings is 1. The summed E-state index contributed by atoms with van der Waals surface area (Å²) in [6.07, 6.45) is 7.00. The van der Waals surface area contributed by atoms with Crippen molar-refractivity contribution in [3.63, 3.8) is 0 Å². The Balaban J connectivity index is 1.54. The Labute approximate surface area is 203 Å². The molecular formula is C27H28N3O5+. The summed E-state index contributed by atoms with van der Waals surface area (Å²) in [5, 5.41) is 11.4. The van der Waals surface area contributed by atoms with Crippen molar-refractivity contribution >= 4 is 17.4 Å². The maximum Gasteiger partial charge on any atom is 0.295 e. The normalized spacial score (nSPS) is 20.7. The predicted octanol–water partition coefficient (Wildman–Crippen LogP) is 3.15. The second-order valence-corrected chi connectivity index (χ2v) is 8.93. The number of benzene rings is 2. The molecule has 3 heterocycles. The molecule has 0 radical (unpaired) electrons. The van der Waals surface area contributed by atoms with Gasteiger partial charge in [0.2, 0.25) is 6.33 Å². The number of aromatic nitrogens is 2. The lowest BCUT2D eigenvalue weighted by Crippen LogP contribution is -2.36. The Morgan fingerprint density at radius 1 is 1.26 bits per heavy atom. The third-order valence-corrected chi connectivity index (χ3v) is 6.54. The van der Waals surface area contributed by atoms with Gasteiger partial charge in [0.25, 0.3) is 11.7 Å². The van der Waals surface area contributed by atoms with E-state index < -0.39 is 17.7 Å². The van der Waals surface area contributed by atoms with Gasteiger partial charge in [0.05, 0.1) is 25.3 Å². The molecule has 2 atom stereocenters. The number of aryl methyl sites for hydroxylation is 1. The molecule has 35 heavy (non-hydrogen) atoms. The molecule has 2 N–H and O–H groups in total. The van der Waals surface area contributed by atoms with Crippen molar-refractivity contribution in [1.29, 1.82) is 0 Å². The lowest BCUT2D eigenvalue weighted by Gasteiger charge is -2.25. The van der Waals surface area contributed by atoms with Gasteiger partial charge in [-0.15, -0.1) is 0 Å². The Kier molecular flexibility index (Phi) is 6.03. The number of likely N-dealkylation sites (tertiary alicyclic amines) is 1. The first-order chi connectivity index (χ1) is 17.0. The van der Waals surface area contributed by atoms with Crippen molar-refractivity contribution in [2.75, 3.05) is 13.7 Å². The van der Waals surface area contributed by atoms with Crippen LogP contribution in [0.25, 0.3) is 5.76 Å². The van der Waals surface area contributed by atoms with Crippen LogP contribution in [0.4, 0.5) is 0 Å². The van der Waals surface area contributed by atoms with Gasteiger partial charge in [-0.25, -0.2) is 4.57 Å². The number of nitrogens with zero attached hydrogens (tertiary/aromatic N) is 2. The first-order valence-electron chi connectivity index (χ1n) is 11.7. The van der Waals surface area contributed by atoms with Crippen molar-refractivity contribution in [1.82, 2.24) is 9.88 Å². The van der Waals surface area contributed by atoms with E-state index in [0.717, 1.165) is 17.7 Å². The van der Waals surface area contributed by atoms with Crippen LogP contribution in [0.15, 0.2) is 66.8 Å². The lowest BCUT2D eigenvalue weighted by molar-refractivity contribution is -0.695. The number of rotatable bonds is 7. The highest BCUT2D eigenvalue weighted by molar-refractivity contribution is 6.46. The maximum absolute atomic E-state index is 13.3. The van der Waals surface area contributed by atoms with Crippen molar-refractivity contribution in [3.05, 3.63) is 83.4 Å². The van der Waals surface area contributed by atoms with Crippen molar-refractivity contribution in [3.8, 4) is 11.5 Å². The fourth-order valence-electron chi connectivity index (χ4n) is 4.88. The SMILES string of the molecule is COc1cccc(C2/C(=C(\O)c3ccc4c(c3)CC(C)O4)C(=O)C(=O)N2CCC[n+]2cc[nH]c2)c1. The summed E-state index contributed by atoms with van der Waals surface area (Å²) in [4.78, 5) is 31.0.